The summed E-state index contributed by atoms with van der Waals surface area (Å²) in [4.78, 5) is 20.4. The summed E-state index contributed by atoms with van der Waals surface area (Å²) < 4.78 is 52.4. The number of rotatable bonds is 8. The van der Waals surface area contributed by atoms with Gasteiger partial charge in [0.05, 0.1) is 46.1 Å². The van der Waals surface area contributed by atoms with E-state index >= 15 is 8.78 Å². The predicted octanol–water partition coefficient (Wildman–Crippen LogP) is 5.95. The molecule has 1 aliphatic rings. The SMILES string of the molecule is N#Cc1ccc(COc2cccc(-c3cc(F)c(Cc4nc5ccc(C(=O)O)cc5n4[C@H]4CC[C@@H]4O)cc3F)n2)c(F)c1. The van der Waals surface area contributed by atoms with Gasteiger partial charge in [-0.1, -0.05) is 12.1 Å². The van der Waals surface area contributed by atoms with E-state index in [4.69, 9.17) is 10.00 Å². The molecule has 0 saturated heterocycles. The molecule has 2 atom stereocenters. The average Bonchev–Trinajstić information content (AvgIpc) is 3.33. The first-order valence-corrected chi connectivity index (χ1v) is 13.4. The smallest absolute Gasteiger partial charge is 0.335 e. The second kappa shape index (κ2) is 11.2. The minimum Gasteiger partial charge on any atom is -0.478 e. The largest absolute Gasteiger partial charge is 0.478 e. The first kappa shape index (κ1) is 27.9. The van der Waals surface area contributed by atoms with Gasteiger partial charge in [0, 0.05) is 23.6 Å². The molecule has 8 nitrogen and oxygen atoms in total. The quantitative estimate of drug-likeness (QED) is 0.231. The number of fused-ring (bicyclic) bond motifs is 1. The molecule has 3 aromatic carbocycles. The molecule has 2 N–H and O–H groups in total. The van der Waals surface area contributed by atoms with Crippen LogP contribution in [-0.4, -0.2) is 36.8 Å². The Balaban J connectivity index is 1.28. The van der Waals surface area contributed by atoms with E-state index < -0.39 is 29.5 Å². The van der Waals surface area contributed by atoms with Crippen molar-refractivity contribution in [1.29, 1.82) is 5.26 Å². The fourth-order valence-electron chi connectivity index (χ4n) is 5.16. The van der Waals surface area contributed by atoms with Gasteiger partial charge in [0.15, 0.2) is 0 Å². The van der Waals surface area contributed by atoms with Crippen molar-refractivity contribution in [2.24, 2.45) is 0 Å². The number of halogens is 3. The van der Waals surface area contributed by atoms with Gasteiger partial charge in [0.25, 0.3) is 0 Å². The van der Waals surface area contributed by atoms with Crippen LogP contribution in [0.4, 0.5) is 13.2 Å². The van der Waals surface area contributed by atoms with Crippen molar-refractivity contribution in [2.75, 3.05) is 0 Å². The van der Waals surface area contributed by atoms with Crippen molar-refractivity contribution < 1.29 is 32.9 Å². The fraction of sp³-hybridized carbons (Fsp3) is 0.188. The number of hydrogen-bond donors (Lipinski definition) is 2. The van der Waals surface area contributed by atoms with Gasteiger partial charge in [-0.2, -0.15) is 5.26 Å². The number of ether oxygens (including phenoxy) is 1. The van der Waals surface area contributed by atoms with Crippen molar-refractivity contribution >= 4 is 17.0 Å². The molecule has 2 aromatic heterocycles. The van der Waals surface area contributed by atoms with Crippen molar-refractivity contribution in [3.8, 4) is 23.2 Å². The van der Waals surface area contributed by atoms with E-state index in [0.29, 0.717) is 29.7 Å². The van der Waals surface area contributed by atoms with Crippen LogP contribution in [0.5, 0.6) is 5.88 Å². The Kier molecular flexibility index (Phi) is 7.29. The van der Waals surface area contributed by atoms with Crippen LogP contribution in [0.2, 0.25) is 0 Å². The highest BCUT2D eigenvalue weighted by molar-refractivity contribution is 5.92. The number of nitriles is 1. The average molecular weight is 585 g/mol. The standard InChI is InChI=1S/C32H23F3N4O4/c33-22-10-17(15-36)4-5-19(22)16-43-31-3-1-2-25(38-31)21-14-23(34)20(11-24(21)35)13-30-37-26-7-6-18(32(41)42)12-28(26)39(30)27-8-9-29(27)40/h1-7,10-12,14,27,29,40H,8-9,13,16H2,(H,41,42)/t27-,29-/m0/s1. The number of carbonyl (C=O) groups is 1. The third-order valence-corrected chi connectivity index (χ3v) is 7.59. The third kappa shape index (κ3) is 5.40. The molecule has 0 radical (unpaired) electrons. The molecule has 216 valence electrons. The van der Waals surface area contributed by atoms with Crippen LogP contribution in [0.25, 0.3) is 22.3 Å². The maximum Gasteiger partial charge on any atom is 0.335 e. The van der Waals surface area contributed by atoms with Gasteiger partial charge >= 0.3 is 5.97 Å². The molecule has 0 bridgehead atoms. The summed E-state index contributed by atoms with van der Waals surface area (Å²) in [6, 6.07) is 16.6. The zero-order valence-corrected chi connectivity index (χ0v) is 22.5. The van der Waals surface area contributed by atoms with Gasteiger partial charge in [-0.05, 0) is 66.9 Å². The van der Waals surface area contributed by atoms with Crippen LogP contribution < -0.4 is 4.74 Å². The molecule has 5 aromatic rings. The number of aliphatic hydroxyl groups is 1. The molecular formula is C32H23F3N4O4. The molecule has 1 fully saturated rings. The zero-order chi connectivity index (χ0) is 30.2. The van der Waals surface area contributed by atoms with Crippen LogP contribution in [-0.2, 0) is 13.0 Å². The van der Waals surface area contributed by atoms with Gasteiger partial charge < -0.3 is 19.5 Å². The van der Waals surface area contributed by atoms with Gasteiger partial charge in [0.1, 0.15) is 29.9 Å². The maximum atomic E-state index is 15.5. The van der Waals surface area contributed by atoms with E-state index in [0.717, 1.165) is 18.2 Å². The highest BCUT2D eigenvalue weighted by Crippen LogP contribution is 2.37. The van der Waals surface area contributed by atoms with E-state index in [1.165, 1.54) is 36.4 Å². The van der Waals surface area contributed by atoms with Crippen molar-refractivity contribution in [3.05, 3.63) is 112 Å². The van der Waals surface area contributed by atoms with Crippen LogP contribution >= 0.6 is 0 Å². The highest BCUT2D eigenvalue weighted by Gasteiger charge is 2.33. The minimum atomic E-state index is -1.11. The minimum absolute atomic E-state index is 0.0220. The number of carboxylic acid groups (broad SMARTS) is 1. The molecule has 0 spiro atoms. The fourth-order valence-corrected chi connectivity index (χ4v) is 5.16. The number of aliphatic hydroxyl groups excluding tert-OH is 1. The first-order chi connectivity index (χ1) is 20.7. The lowest BCUT2D eigenvalue weighted by molar-refractivity contribution is 0.0324. The van der Waals surface area contributed by atoms with Crippen LogP contribution in [0, 0.1) is 28.8 Å². The van der Waals surface area contributed by atoms with E-state index in [2.05, 4.69) is 9.97 Å². The van der Waals surface area contributed by atoms with E-state index in [9.17, 15) is 19.4 Å². The summed E-state index contributed by atoms with van der Waals surface area (Å²) in [7, 11) is 0. The van der Waals surface area contributed by atoms with Gasteiger partial charge in [-0.15, -0.1) is 0 Å². The summed E-state index contributed by atoms with van der Waals surface area (Å²) in [6.07, 6.45) is 0.436. The van der Waals surface area contributed by atoms with Crippen LogP contribution in [0.15, 0.2) is 66.7 Å². The molecular weight excluding hydrogens is 561 g/mol. The van der Waals surface area contributed by atoms with Crippen LogP contribution in [0.3, 0.4) is 0 Å². The molecule has 1 saturated carbocycles. The molecule has 0 unspecified atom stereocenters. The van der Waals surface area contributed by atoms with Crippen LogP contribution in [0.1, 0.15) is 51.8 Å². The first-order valence-electron chi connectivity index (χ1n) is 13.4. The predicted molar refractivity (Wildman–Crippen MR) is 149 cm³/mol. The Labute approximate surface area is 243 Å². The lowest BCUT2D eigenvalue weighted by atomic mass is 9.88. The highest BCUT2D eigenvalue weighted by atomic mass is 19.1. The Morgan fingerprint density at radius 3 is 2.49 bits per heavy atom. The molecule has 1 aliphatic carbocycles. The van der Waals surface area contributed by atoms with Crippen molar-refractivity contribution in [2.45, 2.75) is 38.0 Å². The number of aromatic carboxylic acids is 1. The molecule has 0 amide bonds. The monoisotopic (exact) mass is 584 g/mol. The number of nitrogens with zero attached hydrogens (tertiary/aromatic N) is 4. The summed E-state index contributed by atoms with van der Waals surface area (Å²) in [5.41, 5.74) is 1.43. The number of pyridine rings is 1. The zero-order valence-electron chi connectivity index (χ0n) is 22.5. The molecule has 43 heavy (non-hydrogen) atoms. The van der Waals surface area contributed by atoms with Crippen molar-refractivity contribution in [1.82, 2.24) is 14.5 Å². The Morgan fingerprint density at radius 1 is 0.977 bits per heavy atom. The summed E-state index contributed by atoms with van der Waals surface area (Å²) in [5, 5.41) is 28.7. The third-order valence-electron chi connectivity index (χ3n) is 7.59. The number of imidazole rings is 1. The van der Waals surface area contributed by atoms with Gasteiger partial charge in [-0.3, -0.25) is 0 Å². The Hall–Kier alpha value is -5.21. The topological polar surface area (TPSA) is 121 Å². The summed E-state index contributed by atoms with van der Waals surface area (Å²) in [6.45, 7) is -0.186. The number of benzene rings is 3. The second-order valence-corrected chi connectivity index (χ2v) is 10.3. The Morgan fingerprint density at radius 2 is 1.79 bits per heavy atom. The summed E-state index contributed by atoms with van der Waals surface area (Å²) in [5.74, 6) is -2.73. The van der Waals surface area contributed by atoms with E-state index in [1.54, 1.807) is 16.7 Å². The van der Waals surface area contributed by atoms with E-state index in [1.807, 2.05) is 6.07 Å². The molecule has 2 heterocycles. The van der Waals surface area contributed by atoms with Gasteiger partial charge in [0.2, 0.25) is 5.88 Å². The lowest BCUT2D eigenvalue weighted by Gasteiger charge is -2.35. The molecule has 0 aliphatic heterocycles. The molecule has 6 rings (SSSR count). The van der Waals surface area contributed by atoms with E-state index in [-0.39, 0.29) is 58.5 Å². The summed E-state index contributed by atoms with van der Waals surface area (Å²) >= 11 is 0. The van der Waals surface area contributed by atoms with Crippen molar-refractivity contribution in [3.63, 3.8) is 0 Å². The number of carboxylic acids is 1. The Bertz CT molecular complexity index is 1930. The number of hydrogen-bond acceptors (Lipinski definition) is 6. The molecule has 11 heteroatoms. The lowest BCUT2D eigenvalue weighted by Crippen LogP contribution is -2.34. The second-order valence-electron chi connectivity index (χ2n) is 10.3. The normalized spacial score (nSPS) is 16.1. The van der Waals surface area contributed by atoms with Gasteiger partial charge in [-0.25, -0.2) is 27.9 Å². The maximum absolute atomic E-state index is 15.5. The number of aromatic nitrogens is 3.